The van der Waals surface area contributed by atoms with E-state index in [1.807, 2.05) is 29.6 Å². The summed E-state index contributed by atoms with van der Waals surface area (Å²) in [5.41, 5.74) is 3.27. The normalized spacial score (nSPS) is 25.4. The number of amides is 1. The van der Waals surface area contributed by atoms with E-state index in [4.69, 9.17) is 4.74 Å². The molecule has 0 unspecified atom stereocenters. The molecule has 1 aliphatic heterocycles. The van der Waals surface area contributed by atoms with Crippen molar-refractivity contribution in [3.63, 3.8) is 0 Å². The molecule has 0 bridgehead atoms. The molecule has 25 heavy (non-hydrogen) atoms. The zero-order chi connectivity index (χ0) is 17.1. The van der Waals surface area contributed by atoms with Crippen LogP contribution < -0.4 is 15.4 Å². The molecule has 2 atom stereocenters. The third-order valence-electron chi connectivity index (χ3n) is 5.45. The van der Waals surface area contributed by atoms with Gasteiger partial charge in [0.15, 0.2) is 0 Å². The van der Waals surface area contributed by atoms with Gasteiger partial charge in [0.25, 0.3) is 0 Å². The maximum atomic E-state index is 13.0. The average molecular weight is 357 g/mol. The second-order valence-electron chi connectivity index (χ2n) is 6.98. The summed E-state index contributed by atoms with van der Waals surface area (Å²) in [6.07, 6.45) is 4.51. The van der Waals surface area contributed by atoms with Gasteiger partial charge in [0.05, 0.1) is 16.6 Å². The number of benzene rings is 1. The molecular weight excluding hydrogens is 334 g/mol. The number of ether oxygens (including phenoxy) is 1. The number of rotatable bonds is 5. The molecule has 1 saturated heterocycles. The molecule has 1 aromatic carbocycles. The van der Waals surface area contributed by atoms with Crippen molar-refractivity contribution in [2.24, 2.45) is 11.3 Å². The fourth-order valence-electron chi connectivity index (χ4n) is 4.08. The molecule has 1 saturated carbocycles. The molecule has 1 aromatic heterocycles. The number of thiazole rings is 1. The van der Waals surface area contributed by atoms with E-state index >= 15 is 0 Å². The Bertz CT molecular complexity index is 734. The second-order valence-corrected chi connectivity index (χ2v) is 7.70. The van der Waals surface area contributed by atoms with Crippen LogP contribution in [0.1, 0.15) is 31.4 Å². The van der Waals surface area contributed by atoms with Gasteiger partial charge in [0.1, 0.15) is 12.4 Å². The summed E-state index contributed by atoms with van der Waals surface area (Å²) in [5.74, 6) is 1.36. The van der Waals surface area contributed by atoms with Gasteiger partial charge < -0.3 is 15.4 Å². The molecule has 4 rings (SSSR count). The first kappa shape index (κ1) is 16.5. The summed E-state index contributed by atoms with van der Waals surface area (Å²) in [7, 11) is 0. The molecule has 1 amide bonds. The number of hydrogen-bond donors (Lipinski definition) is 2. The van der Waals surface area contributed by atoms with Gasteiger partial charge in [-0.15, -0.1) is 11.3 Å². The summed E-state index contributed by atoms with van der Waals surface area (Å²) in [6, 6.07) is 7.63. The molecule has 0 radical (unpaired) electrons. The van der Waals surface area contributed by atoms with E-state index in [2.05, 4.69) is 15.6 Å². The van der Waals surface area contributed by atoms with Crippen LogP contribution in [0.3, 0.4) is 0 Å². The van der Waals surface area contributed by atoms with E-state index in [-0.39, 0.29) is 11.3 Å². The van der Waals surface area contributed by atoms with Gasteiger partial charge in [0.2, 0.25) is 5.91 Å². The standard InChI is InChI=1S/C19H23N3O2S/c23-18(19-7-2-1-4-14(19)9-20-12-19)22-15-5-3-6-17(8-15)24-10-16-11-25-13-21-16/h3,5-6,8,11,13-14,20H,1-2,4,7,9-10,12H2,(H,22,23)/t14-,19+/m0/s1. The van der Waals surface area contributed by atoms with Crippen molar-refractivity contribution >= 4 is 22.9 Å². The third-order valence-corrected chi connectivity index (χ3v) is 6.09. The Kier molecular flexibility index (Phi) is 4.72. The van der Waals surface area contributed by atoms with Gasteiger partial charge in [-0.05, 0) is 37.4 Å². The second kappa shape index (κ2) is 7.14. The molecule has 6 heteroatoms. The lowest BCUT2D eigenvalue weighted by Crippen LogP contribution is -2.44. The minimum atomic E-state index is -0.240. The smallest absolute Gasteiger partial charge is 0.232 e. The first-order chi connectivity index (χ1) is 12.3. The largest absolute Gasteiger partial charge is 0.487 e. The molecule has 132 valence electrons. The topological polar surface area (TPSA) is 63.2 Å². The highest BCUT2D eigenvalue weighted by molar-refractivity contribution is 7.07. The predicted molar refractivity (Wildman–Crippen MR) is 98.8 cm³/mol. The van der Waals surface area contributed by atoms with Crippen molar-refractivity contribution < 1.29 is 9.53 Å². The van der Waals surface area contributed by atoms with Gasteiger partial charge in [-0.2, -0.15) is 0 Å². The van der Waals surface area contributed by atoms with Gasteiger partial charge in [-0.25, -0.2) is 4.98 Å². The highest BCUT2D eigenvalue weighted by atomic mass is 32.1. The summed E-state index contributed by atoms with van der Waals surface area (Å²) in [6.45, 7) is 2.20. The van der Waals surface area contributed by atoms with Crippen LogP contribution in [0.15, 0.2) is 35.2 Å². The number of fused-ring (bicyclic) bond motifs is 1. The lowest BCUT2D eigenvalue weighted by Gasteiger charge is -2.37. The van der Waals surface area contributed by atoms with Crippen LogP contribution >= 0.6 is 11.3 Å². The average Bonchev–Trinajstić information content (AvgIpc) is 3.30. The summed E-state index contributed by atoms with van der Waals surface area (Å²) in [5, 5.41) is 8.54. The van der Waals surface area contributed by atoms with Crippen LogP contribution in [0.5, 0.6) is 5.75 Å². The number of nitrogens with zero attached hydrogens (tertiary/aromatic N) is 1. The van der Waals surface area contributed by atoms with Crippen molar-refractivity contribution in [2.75, 3.05) is 18.4 Å². The summed E-state index contributed by atoms with van der Waals surface area (Å²) >= 11 is 1.56. The fraction of sp³-hybridized carbons (Fsp3) is 0.474. The molecule has 2 heterocycles. The first-order valence-electron chi connectivity index (χ1n) is 8.88. The third kappa shape index (κ3) is 3.41. The molecule has 1 aliphatic carbocycles. The minimum Gasteiger partial charge on any atom is -0.487 e. The summed E-state index contributed by atoms with van der Waals surface area (Å²) < 4.78 is 5.78. The van der Waals surface area contributed by atoms with Crippen molar-refractivity contribution in [1.82, 2.24) is 10.3 Å². The first-order valence-corrected chi connectivity index (χ1v) is 9.83. The Labute approximate surface area is 151 Å². The van der Waals surface area contributed by atoms with Gasteiger partial charge in [-0.1, -0.05) is 18.9 Å². The molecule has 2 N–H and O–H groups in total. The van der Waals surface area contributed by atoms with E-state index in [1.54, 1.807) is 16.8 Å². The zero-order valence-electron chi connectivity index (χ0n) is 14.2. The Balaban J connectivity index is 1.43. The monoisotopic (exact) mass is 357 g/mol. The van der Waals surface area contributed by atoms with Gasteiger partial charge in [-0.3, -0.25) is 4.79 Å². The lowest BCUT2D eigenvalue weighted by molar-refractivity contribution is -0.128. The van der Waals surface area contributed by atoms with Crippen LogP contribution in [-0.4, -0.2) is 24.0 Å². The maximum absolute atomic E-state index is 13.0. The quantitative estimate of drug-likeness (QED) is 0.860. The fourth-order valence-corrected chi connectivity index (χ4v) is 4.62. The van der Waals surface area contributed by atoms with E-state index in [9.17, 15) is 4.79 Å². The maximum Gasteiger partial charge on any atom is 0.232 e. The number of anilines is 1. The van der Waals surface area contributed by atoms with Crippen LogP contribution in [0, 0.1) is 11.3 Å². The van der Waals surface area contributed by atoms with Crippen molar-refractivity contribution in [3.05, 3.63) is 40.8 Å². The molecule has 0 spiro atoms. The Morgan fingerprint density at radius 3 is 3.28 bits per heavy atom. The van der Waals surface area contributed by atoms with Crippen molar-refractivity contribution in [2.45, 2.75) is 32.3 Å². The highest BCUT2D eigenvalue weighted by Gasteiger charge is 2.49. The molecule has 5 nitrogen and oxygen atoms in total. The number of carbonyl (C=O) groups excluding carboxylic acids is 1. The number of hydrogen-bond acceptors (Lipinski definition) is 5. The number of nitrogens with one attached hydrogen (secondary N) is 2. The van der Waals surface area contributed by atoms with Gasteiger partial charge >= 0.3 is 0 Å². The molecule has 2 fully saturated rings. The summed E-state index contributed by atoms with van der Waals surface area (Å²) in [4.78, 5) is 17.2. The molecule has 2 aliphatic rings. The zero-order valence-corrected chi connectivity index (χ0v) is 15.0. The van der Waals surface area contributed by atoms with E-state index in [1.165, 1.54) is 6.42 Å². The lowest BCUT2D eigenvalue weighted by atomic mass is 9.67. The van der Waals surface area contributed by atoms with E-state index in [0.29, 0.717) is 12.5 Å². The Morgan fingerprint density at radius 1 is 1.44 bits per heavy atom. The Hall–Kier alpha value is -1.92. The molecule has 2 aromatic rings. The van der Waals surface area contributed by atoms with Crippen LogP contribution in [0.4, 0.5) is 5.69 Å². The number of aromatic nitrogens is 1. The van der Waals surface area contributed by atoms with E-state index in [0.717, 1.165) is 49.5 Å². The van der Waals surface area contributed by atoms with Gasteiger partial charge in [0, 0.05) is 23.7 Å². The van der Waals surface area contributed by atoms with Crippen molar-refractivity contribution in [3.8, 4) is 5.75 Å². The van der Waals surface area contributed by atoms with Crippen LogP contribution in [-0.2, 0) is 11.4 Å². The SMILES string of the molecule is O=C(Nc1cccc(OCc2cscn2)c1)[C@@]12CCCC[C@H]1CNC2. The van der Waals surface area contributed by atoms with E-state index < -0.39 is 0 Å². The highest BCUT2D eigenvalue weighted by Crippen LogP contribution is 2.44. The molecular formula is C19H23N3O2S. The van der Waals surface area contributed by atoms with Crippen molar-refractivity contribution in [1.29, 1.82) is 0 Å². The minimum absolute atomic E-state index is 0.152. The number of carbonyl (C=O) groups is 1. The van der Waals surface area contributed by atoms with Crippen LogP contribution in [0.2, 0.25) is 0 Å². The van der Waals surface area contributed by atoms with Crippen LogP contribution in [0.25, 0.3) is 0 Å². The Morgan fingerprint density at radius 2 is 2.40 bits per heavy atom. The predicted octanol–water partition coefficient (Wildman–Crippen LogP) is 3.44.